The van der Waals surface area contributed by atoms with Gasteiger partial charge in [0, 0.05) is 12.6 Å². The van der Waals surface area contributed by atoms with E-state index in [0.717, 1.165) is 22.4 Å². The molecule has 0 fully saturated rings. The lowest BCUT2D eigenvalue weighted by atomic mass is 10.0. The first-order valence-electron chi connectivity index (χ1n) is 7.65. The number of hydrogen-bond donors (Lipinski definition) is 2. The number of hydrogen-bond acceptors (Lipinski definition) is 2. The summed E-state index contributed by atoms with van der Waals surface area (Å²) in [5.74, 6) is -0.278. The smallest absolute Gasteiger partial charge is 0.226 e. The lowest BCUT2D eigenvalue weighted by molar-refractivity contribution is -0.120. The SMILES string of the molecule is CC(=O)N[C@H](CC(=O)Nc1cc(C)ccc1C)c1ccccc1. The van der Waals surface area contributed by atoms with E-state index in [4.69, 9.17) is 0 Å². The van der Waals surface area contributed by atoms with Crippen molar-refractivity contribution in [3.63, 3.8) is 0 Å². The third-order valence-electron chi connectivity index (χ3n) is 3.64. The maximum Gasteiger partial charge on any atom is 0.226 e. The molecule has 0 heterocycles. The minimum absolute atomic E-state index is 0.124. The van der Waals surface area contributed by atoms with Crippen molar-refractivity contribution in [2.45, 2.75) is 33.2 Å². The van der Waals surface area contributed by atoms with Gasteiger partial charge in [-0.1, -0.05) is 42.5 Å². The summed E-state index contributed by atoms with van der Waals surface area (Å²) in [7, 11) is 0. The van der Waals surface area contributed by atoms with E-state index in [-0.39, 0.29) is 24.3 Å². The number of carbonyl (C=O) groups is 2. The predicted octanol–water partition coefficient (Wildman–Crippen LogP) is 3.51. The van der Waals surface area contributed by atoms with Crippen LogP contribution in [0.25, 0.3) is 0 Å². The lowest BCUT2D eigenvalue weighted by Crippen LogP contribution is -2.29. The molecule has 0 aromatic heterocycles. The summed E-state index contributed by atoms with van der Waals surface area (Å²) in [5, 5.41) is 5.77. The summed E-state index contributed by atoms with van der Waals surface area (Å²) in [6.45, 7) is 5.40. The maximum absolute atomic E-state index is 12.4. The largest absolute Gasteiger partial charge is 0.349 e. The van der Waals surface area contributed by atoms with Crippen LogP contribution in [0.5, 0.6) is 0 Å². The van der Waals surface area contributed by atoms with Crippen LogP contribution in [0.3, 0.4) is 0 Å². The Morgan fingerprint density at radius 3 is 2.39 bits per heavy atom. The fourth-order valence-electron chi connectivity index (χ4n) is 2.44. The second-order valence-electron chi connectivity index (χ2n) is 5.73. The van der Waals surface area contributed by atoms with Gasteiger partial charge < -0.3 is 10.6 Å². The van der Waals surface area contributed by atoms with E-state index >= 15 is 0 Å². The number of rotatable bonds is 5. The average Bonchev–Trinajstić information content (AvgIpc) is 2.51. The molecule has 0 radical (unpaired) electrons. The zero-order valence-electron chi connectivity index (χ0n) is 13.7. The van der Waals surface area contributed by atoms with Crippen molar-refractivity contribution in [2.24, 2.45) is 0 Å². The Balaban J connectivity index is 2.11. The normalized spacial score (nSPS) is 11.6. The van der Waals surface area contributed by atoms with Crippen LogP contribution in [0.4, 0.5) is 5.69 Å². The molecule has 2 aromatic carbocycles. The molecule has 0 saturated heterocycles. The minimum atomic E-state index is -0.334. The summed E-state index contributed by atoms with van der Waals surface area (Å²) < 4.78 is 0. The van der Waals surface area contributed by atoms with Crippen molar-refractivity contribution >= 4 is 17.5 Å². The van der Waals surface area contributed by atoms with Crippen molar-refractivity contribution in [3.8, 4) is 0 Å². The van der Waals surface area contributed by atoms with Crippen molar-refractivity contribution in [1.82, 2.24) is 5.32 Å². The van der Waals surface area contributed by atoms with Crippen molar-refractivity contribution in [1.29, 1.82) is 0 Å². The highest BCUT2D eigenvalue weighted by molar-refractivity contribution is 5.92. The molecular weight excluding hydrogens is 288 g/mol. The van der Waals surface area contributed by atoms with Crippen LogP contribution in [-0.4, -0.2) is 11.8 Å². The molecule has 1 atom stereocenters. The zero-order chi connectivity index (χ0) is 16.8. The van der Waals surface area contributed by atoms with Crippen molar-refractivity contribution in [3.05, 3.63) is 65.2 Å². The molecule has 4 heteroatoms. The van der Waals surface area contributed by atoms with Crippen molar-refractivity contribution in [2.75, 3.05) is 5.32 Å². The number of anilines is 1. The third-order valence-corrected chi connectivity index (χ3v) is 3.64. The van der Waals surface area contributed by atoms with E-state index in [9.17, 15) is 9.59 Å². The highest BCUT2D eigenvalue weighted by Crippen LogP contribution is 2.20. The van der Waals surface area contributed by atoms with Gasteiger partial charge in [-0.25, -0.2) is 0 Å². The molecule has 0 aliphatic rings. The lowest BCUT2D eigenvalue weighted by Gasteiger charge is -2.18. The Bertz CT molecular complexity index is 696. The molecule has 0 spiro atoms. The first-order chi connectivity index (χ1) is 11.0. The summed E-state index contributed by atoms with van der Waals surface area (Å²) in [4.78, 5) is 23.8. The molecule has 23 heavy (non-hydrogen) atoms. The minimum Gasteiger partial charge on any atom is -0.349 e. The quantitative estimate of drug-likeness (QED) is 0.888. The fourth-order valence-corrected chi connectivity index (χ4v) is 2.44. The van der Waals surface area contributed by atoms with E-state index in [1.54, 1.807) is 0 Å². The average molecular weight is 310 g/mol. The summed E-state index contributed by atoms with van der Waals surface area (Å²) in [6.07, 6.45) is 0.191. The van der Waals surface area contributed by atoms with E-state index in [2.05, 4.69) is 10.6 Å². The van der Waals surface area contributed by atoms with Crippen LogP contribution in [0.15, 0.2) is 48.5 Å². The van der Waals surface area contributed by atoms with Crippen LogP contribution < -0.4 is 10.6 Å². The molecule has 0 aliphatic heterocycles. The summed E-state index contributed by atoms with van der Waals surface area (Å²) in [6, 6.07) is 15.1. The summed E-state index contributed by atoms with van der Waals surface area (Å²) >= 11 is 0. The van der Waals surface area contributed by atoms with Gasteiger partial charge in [-0.15, -0.1) is 0 Å². The van der Waals surface area contributed by atoms with E-state index in [0.29, 0.717) is 0 Å². The fraction of sp³-hybridized carbons (Fsp3) is 0.263. The molecule has 120 valence electrons. The van der Waals surface area contributed by atoms with Crippen molar-refractivity contribution < 1.29 is 9.59 Å². The Labute approximate surface area is 136 Å². The number of aryl methyl sites for hydroxylation is 2. The second kappa shape index (κ2) is 7.58. The van der Waals surface area contributed by atoms with E-state index in [1.807, 2.05) is 62.4 Å². The predicted molar refractivity (Wildman–Crippen MR) is 92.2 cm³/mol. The molecule has 4 nitrogen and oxygen atoms in total. The van der Waals surface area contributed by atoms with Gasteiger partial charge in [-0.05, 0) is 36.6 Å². The molecule has 2 N–H and O–H groups in total. The maximum atomic E-state index is 12.4. The Kier molecular flexibility index (Phi) is 5.52. The van der Waals surface area contributed by atoms with Gasteiger partial charge >= 0.3 is 0 Å². The van der Waals surface area contributed by atoms with Crippen LogP contribution in [0.2, 0.25) is 0 Å². The van der Waals surface area contributed by atoms with Gasteiger partial charge in [-0.3, -0.25) is 9.59 Å². The zero-order valence-corrected chi connectivity index (χ0v) is 13.7. The van der Waals surface area contributed by atoms with E-state index in [1.165, 1.54) is 6.92 Å². The Morgan fingerprint density at radius 1 is 1.04 bits per heavy atom. The first-order valence-corrected chi connectivity index (χ1v) is 7.65. The Morgan fingerprint density at radius 2 is 1.74 bits per heavy atom. The number of benzene rings is 2. The van der Waals surface area contributed by atoms with Gasteiger partial charge in [0.05, 0.1) is 12.5 Å². The van der Waals surface area contributed by atoms with Crippen LogP contribution >= 0.6 is 0 Å². The molecule has 2 rings (SSSR count). The highest BCUT2D eigenvalue weighted by atomic mass is 16.2. The van der Waals surface area contributed by atoms with Gasteiger partial charge in [0.15, 0.2) is 0 Å². The molecule has 2 aromatic rings. The van der Waals surface area contributed by atoms with Crippen LogP contribution in [-0.2, 0) is 9.59 Å². The van der Waals surface area contributed by atoms with Gasteiger partial charge in [0.25, 0.3) is 0 Å². The van der Waals surface area contributed by atoms with E-state index < -0.39 is 0 Å². The number of nitrogens with one attached hydrogen (secondary N) is 2. The molecule has 0 bridgehead atoms. The highest BCUT2D eigenvalue weighted by Gasteiger charge is 2.17. The molecule has 2 amide bonds. The third kappa shape index (κ3) is 4.95. The number of amides is 2. The monoisotopic (exact) mass is 310 g/mol. The number of carbonyl (C=O) groups excluding carboxylic acids is 2. The molecule has 0 aliphatic carbocycles. The topological polar surface area (TPSA) is 58.2 Å². The standard InChI is InChI=1S/C19H22N2O2/c1-13-9-10-14(2)17(11-13)21-19(23)12-18(20-15(3)22)16-7-5-4-6-8-16/h4-11,18H,12H2,1-3H3,(H,20,22)(H,21,23)/t18-/m1/s1. The van der Waals surface area contributed by atoms with Crippen LogP contribution in [0.1, 0.15) is 36.1 Å². The van der Waals surface area contributed by atoms with Gasteiger partial charge in [0.1, 0.15) is 0 Å². The van der Waals surface area contributed by atoms with Gasteiger partial charge in [0.2, 0.25) is 11.8 Å². The molecule has 0 saturated carbocycles. The first kappa shape index (κ1) is 16.7. The molecule has 0 unspecified atom stereocenters. The summed E-state index contributed by atoms with van der Waals surface area (Å²) in [5.41, 5.74) is 3.83. The van der Waals surface area contributed by atoms with Crippen LogP contribution in [0, 0.1) is 13.8 Å². The second-order valence-corrected chi connectivity index (χ2v) is 5.73. The Hall–Kier alpha value is -2.62. The van der Waals surface area contributed by atoms with Gasteiger partial charge in [-0.2, -0.15) is 0 Å². The molecular formula is C19H22N2O2.